The molecular weight excluding hydrogens is 237 g/mol. The first kappa shape index (κ1) is 10.1. The molecule has 0 atom stereocenters. The van der Waals surface area contributed by atoms with Gasteiger partial charge in [0.25, 0.3) is 0 Å². The van der Waals surface area contributed by atoms with E-state index in [2.05, 4.69) is 20.9 Å². The van der Waals surface area contributed by atoms with E-state index in [9.17, 15) is 9.18 Å². The van der Waals surface area contributed by atoms with Crippen LogP contribution in [0.5, 0.6) is 0 Å². The maximum atomic E-state index is 13.0. The highest BCUT2D eigenvalue weighted by Crippen LogP contribution is 2.24. The van der Waals surface area contributed by atoms with Crippen molar-refractivity contribution in [2.45, 2.75) is 13.5 Å². The molecule has 0 saturated carbocycles. The van der Waals surface area contributed by atoms with Crippen LogP contribution in [0.3, 0.4) is 0 Å². The number of rotatable bonds is 2. The van der Waals surface area contributed by atoms with E-state index >= 15 is 0 Å². The van der Waals surface area contributed by atoms with Crippen molar-refractivity contribution in [3.63, 3.8) is 0 Å². The molecule has 4 heteroatoms. The molecule has 1 aromatic carbocycles. The fraction of sp³-hybridized carbons (Fsp3) is 0.222. The Labute approximate surface area is 83.6 Å². The first-order valence-corrected chi connectivity index (χ1v) is 4.43. The van der Waals surface area contributed by atoms with Crippen molar-refractivity contribution in [1.29, 1.82) is 0 Å². The van der Waals surface area contributed by atoms with Crippen LogP contribution in [0.4, 0.5) is 4.39 Å². The first-order valence-electron chi connectivity index (χ1n) is 3.64. The van der Waals surface area contributed by atoms with E-state index in [0.29, 0.717) is 10.0 Å². The molecule has 0 N–H and O–H groups in total. The summed E-state index contributed by atoms with van der Waals surface area (Å²) in [6.45, 7) is 1.99. The molecule has 0 fully saturated rings. The molecule has 0 saturated heterocycles. The molecule has 0 unspecified atom stereocenters. The number of hydrogen-bond acceptors (Lipinski definition) is 2. The summed E-state index contributed by atoms with van der Waals surface area (Å²) >= 11 is 3.10. The summed E-state index contributed by atoms with van der Waals surface area (Å²) in [5.41, 5.74) is 1.58. The van der Waals surface area contributed by atoms with Gasteiger partial charge in [-0.3, -0.25) is 0 Å². The van der Waals surface area contributed by atoms with Crippen LogP contribution in [0.25, 0.3) is 0 Å². The van der Waals surface area contributed by atoms with Crippen LogP contribution in [0, 0.1) is 12.7 Å². The lowest BCUT2D eigenvalue weighted by atomic mass is 10.1. The van der Waals surface area contributed by atoms with Crippen molar-refractivity contribution >= 4 is 22.0 Å². The molecule has 0 aromatic heterocycles. The summed E-state index contributed by atoms with van der Waals surface area (Å²) in [6.07, 6.45) is 1.42. The monoisotopic (exact) mass is 243 g/mol. The van der Waals surface area contributed by atoms with E-state index in [1.54, 1.807) is 6.07 Å². The van der Waals surface area contributed by atoms with Crippen LogP contribution < -0.4 is 0 Å². The minimum atomic E-state index is -0.346. The molecule has 13 heavy (non-hydrogen) atoms. The second-order valence-electron chi connectivity index (χ2n) is 2.56. The van der Waals surface area contributed by atoms with E-state index in [-0.39, 0.29) is 12.4 Å². The zero-order chi connectivity index (χ0) is 9.84. The van der Waals surface area contributed by atoms with Crippen LogP contribution in [-0.2, 0) is 11.3 Å². The Morgan fingerprint density at radius 2 is 2.31 bits per heavy atom. The lowest BCUT2D eigenvalue weighted by Gasteiger charge is -2.05. The first-order chi connectivity index (χ1) is 6.16. The number of nitrogens with zero attached hydrogens (tertiary/aromatic N) is 1. The van der Waals surface area contributed by atoms with E-state index in [1.807, 2.05) is 6.92 Å². The van der Waals surface area contributed by atoms with Crippen LogP contribution in [-0.4, -0.2) is 6.08 Å². The summed E-state index contributed by atoms with van der Waals surface area (Å²) in [5, 5.41) is 0. The van der Waals surface area contributed by atoms with E-state index < -0.39 is 0 Å². The summed E-state index contributed by atoms with van der Waals surface area (Å²) in [5.74, 6) is -0.346. The number of hydrogen-bond donors (Lipinski definition) is 0. The van der Waals surface area contributed by atoms with Gasteiger partial charge in [-0.15, -0.1) is 0 Å². The van der Waals surface area contributed by atoms with Crippen molar-refractivity contribution < 1.29 is 9.18 Å². The normalized spacial score (nSPS) is 9.46. The van der Waals surface area contributed by atoms with Crippen molar-refractivity contribution in [3.05, 3.63) is 33.5 Å². The fourth-order valence-electron chi connectivity index (χ4n) is 0.995. The molecule has 0 bridgehead atoms. The van der Waals surface area contributed by atoms with E-state index in [1.165, 1.54) is 12.1 Å². The molecule has 0 spiro atoms. The Balaban J connectivity index is 3.16. The molecule has 0 radical (unpaired) electrons. The van der Waals surface area contributed by atoms with Gasteiger partial charge in [-0.25, -0.2) is 14.2 Å². The number of carbonyl (C=O) groups excluding carboxylic acids is 1. The van der Waals surface area contributed by atoms with Gasteiger partial charge in [-0.05, 0) is 40.0 Å². The van der Waals surface area contributed by atoms with Crippen molar-refractivity contribution in [2.24, 2.45) is 4.99 Å². The average molecular weight is 244 g/mol. The molecule has 2 nitrogen and oxygen atoms in total. The third-order valence-electron chi connectivity index (χ3n) is 1.73. The van der Waals surface area contributed by atoms with Crippen LogP contribution in [0.1, 0.15) is 11.1 Å². The van der Waals surface area contributed by atoms with Gasteiger partial charge in [0.1, 0.15) is 5.82 Å². The zero-order valence-corrected chi connectivity index (χ0v) is 8.56. The number of aryl methyl sites for hydroxylation is 1. The number of aliphatic imine (C=N–C) groups is 1. The third-order valence-corrected chi connectivity index (χ3v) is 2.59. The minimum Gasteiger partial charge on any atom is -0.211 e. The Kier molecular flexibility index (Phi) is 3.34. The summed E-state index contributed by atoms with van der Waals surface area (Å²) in [7, 11) is 0. The van der Waals surface area contributed by atoms with Gasteiger partial charge < -0.3 is 0 Å². The third kappa shape index (κ3) is 2.23. The predicted octanol–water partition coefficient (Wildman–Crippen LogP) is 2.73. The second kappa shape index (κ2) is 4.30. The maximum Gasteiger partial charge on any atom is 0.235 e. The second-order valence-corrected chi connectivity index (χ2v) is 3.36. The quantitative estimate of drug-likeness (QED) is 0.581. The van der Waals surface area contributed by atoms with Gasteiger partial charge in [0.15, 0.2) is 0 Å². The minimum absolute atomic E-state index is 0.160. The van der Waals surface area contributed by atoms with Gasteiger partial charge in [0.2, 0.25) is 6.08 Å². The Morgan fingerprint density at radius 1 is 1.62 bits per heavy atom. The molecule has 0 aliphatic carbocycles. The van der Waals surface area contributed by atoms with Gasteiger partial charge in [0, 0.05) is 0 Å². The largest absolute Gasteiger partial charge is 0.235 e. The topological polar surface area (TPSA) is 29.4 Å². The lowest BCUT2D eigenvalue weighted by molar-refractivity contribution is 0.562. The molecule has 0 heterocycles. The standard InChI is InChI=1S/C9H7BrFNO/c1-6-2-3-8(11)9(10)7(6)4-12-5-13/h2-3H,4H2,1H3. The molecule has 68 valence electrons. The predicted molar refractivity (Wildman–Crippen MR) is 50.7 cm³/mol. The number of isocyanates is 1. The smallest absolute Gasteiger partial charge is 0.211 e. The van der Waals surface area contributed by atoms with Gasteiger partial charge in [0.05, 0.1) is 11.0 Å². The Morgan fingerprint density at radius 3 is 2.92 bits per heavy atom. The van der Waals surface area contributed by atoms with Crippen molar-refractivity contribution in [1.82, 2.24) is 0 Å². The van der Waals surface area contributed by atoms with Gasteiger partial charge >= 0.3 is 0 Å². The van der Waals surface area contributed by atoms with Crippen LogP contribution >= 0.6 is 15.9 Å². The van der Waals surface area contributed by atoms with Crippen molar-refractivity contribution in [3.8, 4) is 0 Å². The molecule has 1 rings (SSSR count). The highest BCUT2D eigenvalue weighted by Gasteiger charge is 2.07. The molecule has 0 aliphatic rings. The molecular formula is C9H7BrFNO. The SMILES string of the molecule is Cc1ccc(F)c(Br)c1CN=C=O. The average Bonchev–Trinajstić information content (AvgIpc) is 2.12. The van der Waals surface area contributed by atoms with Gasteiger partial charge in [-0.2, -0.15) is 0 Å². The maximum absolute atomic E-state index is 13.0. The highest BCUT2D eigenvalue weighted by atomic mass is 79.9. The molecule has 0 amide bonds. The highest BCUT2D eigenvalue weighted by molar-refractivity contribution is 9.10. The molecule has 0 aliphatic heterocycles. The lowest BCUT2D eigenvalue weighted by Crippen LogP contribution is -1.92. The van der Waals surface area contributed by atoms with Crippen LogP contribution in [0.2, 0.25) is 0 Å². The Hall–Kier alpha value is -0.990. The Bertz CT molecular complexity index is 372. The number of benzene rings is 1. The van der Waals surface area contributed by atoms with E-state index in [4.69, 9.17) is 0 Å². The summed E-state index contributed by atoms with van der Waals surface area (Å²) < 4.78 is 13.4. The molecule has 1 aromatic rings. The number of halogens is 2. The van der Waals surface area contributed by atoms with Gasteiger partial charge in [-0.1, -0.05) is 6.07 Å². The fourth-order valence-corrected chi connectivity index (χ4v) is 1.56. The van der Waals surface area contributed by atoms with Crippen LogP contribution in [0.15, 0.2) is 21.6 Å². The summed E-state index contributed by atoms with van der Waals surface area (Å²) in [6, 6.07) is 3.02. The van der Waals surface area contributed by atoms with E-state index in [0.717, 1.165) is 5.56 Å². The zero-order valence-electron chi connectivity index (χ0n) is 6.97. The van der Waals surface area contributed by atoms with Crippen molar-refractivity contribution in [2.75, 3.05) is 0 Å². The summed E-state index contributed by atoms with van der Waals surface area (Å²) in [4.78, 5) is 13.3.